The van der Waals surface area contributed by atoms with Gasteiger partial charge in [0.15, 0.2) is 0 Å². The van der Waals surface area contributed by atoms with E-state index in [4.69, 9.17) is 4.74 Å². The van der Waals surface area contributed by atoms with Gasteiger partial charge in [0.2, 0.25) is 0 Å². The SMILES string of the molecule is CCOC(=O)CCN(C)C(=O)c1cccn1C1CCC1. The summed E-state index contributed by atoms with van der Waals surface area (Å²) in [5, 5.41) is 0. The van der Waals surface area contributed by atoms with Gasteiger partial charge in [-0.1, -0.05) is 0 Å². The molecule has 0 atom stereocenters. The number of hydrogen-bond acceptors (Lipinski definition) is 3. The van der Waals surface area contributed by atoms with E-state index in [-0.39, 0.29) is 18.3 Å². The van der Waals surface area contributed by atoms with E-state index in [0.717, 1.165) is 12.8 Å². The summed E-state index contributed by atoms with van der Waals surface area (Å²) in [6.07, 6.45) is 5.72. The average molecular weight is 278 g/mol. The van der Waals surface area contributed by atoms with Gasteiger partial charge in [-0.3, -0.25) is 9.59 Å². The van der Waals surface area contributed by atoms with Crippen molar-refractivity contribution in [2.75, 3.05) is 20.2 Å². The molecule has 0 saturated heterocycles. The van der Waals surface area contributed by atoms with Crippen molar-refractivity contribution in [2.45, 2.75) is 38.6 Å². The number of nitrogens with zero attached hydrogens (tertiary/aromatic N) is 2. The summed E-state index contributed by atoms with van der Waals surface area (Å²) in [7, 11) is 1.72. The lowest BCUT2D eigenvalue weighted by atomic mass is 9.93. The fraction of sp³-hybridized carbons (Fsp3) is 0.600. The lowest BCUT2D eigenvalue weighted by Crippen LogP contribution is -2.32. The van der Waals surface area contributed by atoms with Crippen molar-refractivity contribution >= 4 is 11.9 Å². The van der Waals surface area contributed by atoms with E-state index >= 15 is 0 Å². The summed E-state index contributed by atoms with van der Waals surface area (Å²) in [6.45, 7) is 2.53. The van der Waals surface area contributed by atoms with E-state index in [9.17, 15) is 9.59 Å². The normalized spacial score (nSPS) is 14.7. The fourth-order valence-electron chi connectivity index (χ4n) is 2.35. The predicted molar refractivity (Wildman–Crippen MR) is 75.5 cm³/mol. The smallest absolute Gasteiger partial charge is 0.307 e. The van der Waals surface area contributed by atoms with E-state index < -0.39 is 0 Å². The number of amides is 1. The molecule has 5 nitrogen and oxygen atoms in total. The third-order valence-corrected chi connectivity index (χ3v) is 3.77. The molecule has 1 saturated carbocycles. The van der Waals surface area contributed by atoms with Gasteiger partial charge < -0.3 is 14.2 Å². The van der Waals surface area contributed by atoms with Gasteiger partial charge in [0, 0.05) is 25.8 Å². The van der Waals surface area contributed by atoms with E-state index in [1.165, 1.54) is 6.42 Å². The standard InChI is InChI=1S/C15H22N2O3/c1-3-20-14(18)9-11-16(2)15(19)13-8-5-10-17(13)12-6-4-7-12/h5,8,10,12H,3-4,6-7,9,11H2,1-2H3. The Hall–Kier alpha value is -1.78. The third kappa shape index (κ3) is 3.21. The second-order valence-corrected chi connectivity index (χ2v) is 5.17. The van der Waals surface area contributed by atoms with Crippen LogP contribution >= 0.6 is 0 Å². The summed E-state index contributed by atoms with van der Waals surface area (Å²) in [5.74, 6) is -0.298. The van der Waals surface area contributed by atoms with Crippen molar-refractivity contribution in [3.05, 3.63) is 24.0 Å². The van der Waals surface area contributed by atoms with Crippen molar-refractivity contribution in [2.24, 2.45) is 0 Å². The minimum atomic E-state index is -0.262. The maximum absolute atomic E-state index is 12.4. The van der Waals surface area contributed by atoms with E-state index in [1.807, 2.05) is 18.3 Å². The number of aromatic nitrogens is 1. The summed E-state index contributed by atoms with van der Waals surface area (Å²) >= 11 is 0. The van der Waals surface area contributed by atoms with Gasteiger partial charge in [-0.05, 0) is 38.3 Å². The first-order chi connectivity index (χ1) is 9.63. The molecule has 1 fully saturated rings. The molecule has 1 aliphatic carbocycles. The Balaban J connectivity index is 1.93. The maximum atomic E-state index is 12.4. The van der Waals surface area contributed by atoms with Crippen LogP contribution in [0, 0.1) is 0 Å². The number of carbonyl (C=O) groups is 2. The van der Waals surface area contributed by atoms with Crippen molar-refractivity contribution < 1.29 is 14.3 Å². The van der Waals surface area contributed by atoms with Crippen molar-refractivity contribution in [3.63, 3.8) is 0 Å². The Bertz CT molecular complexity index is 477. The maximum Gasteiger partial charge on any atom is 0.307 e. The Labute approximate surface area is 119 Å². The van der Waals surface area contributed by atoms with Crippen molar-refractivity contribution in [3.8, 4) is 0 Å². The molecule has 20 heavy (non-hydrogen) atoms. The highest BCUT2D eigenvalue weighted by Gasteiger charge is 2.24. The van der Waals surface area contributed by atoms with Gasteiger partial charge in [-0.15, -0.1) is 0 Å². The number of hydrogen-bond donors (Lipinski definition) is 0. The molecule has 0 unspecified atom stereocenters. The van der Waals surface area contributed by atoms with Crippen LogP contribution in [0.4, 0.5) is 0 Å². The van der Waals surface area contributed by atoms with Gasteiger partial charge in [0.05, 0.1) is 13.0 Å². The van der Waals surface area contributed by atoms with Crippen LogP contribution in [0.1, 0.15) is 49.1 Å². The molecule has 0 aliphatic heterocycles. The van der Waals surface area contributed by atoms with Crippen LogP contribution in [0.25, 0.3) is 0 Å². The Morgan fingerprint density at radius 1 is 1.45 bits per heavy atom. The van der Waals surface area contributed by atoms with Crippen LogP contribution in [-0.2, 0) is 9.53 Å². The molecule has 1 heterocycles. The zero-order valence-electron chi connectivity index (χ0n) is 12.2. The topological polar surface area (TPSA) is 51.5 Å². The molecule has 2 rings (SSSR count). The molecular formula is C15H22N2O3. The molecule has 5 heteroatoms. The van der Waals surface area contributed by atoms with Crippen LogP contribution < -0.4 is 0 Å². The summed E-state index contributed by atoms with van der Waals surface area (Å²) in [4.78, 5) is 25.3. The summed E-state index contributed by atoms with van der Waals surface area (Å²) < 4.78 is 6.93. The number of carbonyl (C=O) groups excluding carboxylic acids is 2. The molecule has 0 aromatic carbocycles. The van der Waals surface area contributed by atoms with Crippen LogP contribution in [0.3, 0.4) is 0 Å². The minimum Gasteiger partial charge on any atom is -0.466 e. The Morgan fingerprint density at radius 3 is 2.80 bits per heavy atom. The number of esters is 1. The molecule has 1 aromatic heterocycles. The van der Waals surface area contributed by atoms with Crippen molar-refractivity contribution in [1.82, 2.24) is 9.47 Å². The quantitative estimate of drug-likeness (QED) is 0.750. The van der Waals surface area contributed by atoms with Gasteiger partial charge in [-0.25, -0.2) is 0 Å². The molecule has 0 radical (unpaired) electrons. The van der Waals surface area contributed by atoms with Crippen LogP contribution in [0.2, 0.25) is 0 Å². The summed E-state index contributed by atoms with van der Waals surface area (Å²) in [5.41, 5.74) is 0.709. The van der Waals surface area contributed by atoms with Crippen LogP contribution in [-0.4, -0.2) is 41.5 Å². The number of rotatable bonds is 6. The first-order valence-electron chi connectivity index (χ1n) is 7.21. The minimum absolute atomic E-state index is 0.0359. The molecule has 0 spiro atoms. The molecule has 110 valence electrons. The molecular weight excluding hydrogens is 256 g/mol. The van der Waals surface area contributed by atoms with Gasteiger partial charge in [0.1, 0.15) is 5.69 Å². The Morgan fingerprint density at radius 2 is 2.20 bits per heavy atom. The molecule has 1 aliphatic rings. The van der Waals surface area contributed by atoms with Gasteiger partial charge in [-0.2, -0.15) is 0 Å². The first-order valence-corrected chi connectivity index (χ1v) is 7.21. The highest BCUT2D eigenvalue weighted by molar-refractivity contribution is 5.92. The number of ether oxygens (including phenoxy) is 1. The first kappa shape index (κ1) is 14.6. The Kier molecular flexibility index (Phi) is 4.82. The second-order valence-electron chi connectivity index (χ2n) is 5.17. The lowest BCUT2D eigenvalue weighted by molar-refractivity contribution is -0.143. The molecule has 1 aromatic rings. The zero-order valence-corrected chi connectivity index (χ0v) is 12.2. The third-order valence-electron chi connectivity index (χ3n) is 3.77. The van der Waals surface area contributed by atoms with Crippen LogP contribution in [0.15, 0.2) is 18.3 Å². The molecule has 0 bridgehead atoms. The monoisotopic (exact) mass is 278 g/mol. The largest absolute Gasteiger partial charge is 0.466 e. The fourth-order valence-corrected chi connectivity index (χ4v) is 2.35. The lowest BCUT2D eigenvalue weighted by Gasteiger charge is -2.29. The van der Waals surface area contributed by atoms with Gasteiger partial charge in [0.25, 0.3) is 5.91 Å². The molecule has 1 amide bonds. The van der Waals surface area contributed by atoms with Crippen LogP contribution in [0.5, 0.6) is 0 Å². The van der Waals surface area contributed by atoms with E-state index in [0.29, 0.717) is 24.9 Å². The van der Waals surface area contributed by atoms with Gasteiger partial charge >= 0.3 is 5.97 Å². The highest BCUT2D eigenvalue weighted by atomic mass is 16.5. The highest BCUT2D eigenvalue weighted by Crippen LogP contribution is 2.32. The second kappa shape index (κ2) is 6.59. The zero-order chi connectivity index (χ0) is 14.5. The molecule has 0 N–H and O–H groups in total. The average Bonchev–Trinajstić information content (AvgIpc) is 2.82. The summed E-state index contributed by atoms with van der Waals surface area (Å²) in [6, 6.07) is 4.22. The van der Waals surface area contributed by atoms with E-state index in [1.54, 1.807) is 18.9 Å². The van der Waals surface area contributed by atoms with Crippen molar-refractivity contribution in [1.29, 1.82) is 0 Å². The van der Waals surface area contributed by atoms with E-state index in [2.05, 4.69) is 4.57 Å². The predicted octanol–water partition coefficient (Wildman–Crippen LogP) is 2.24.